The first-order valence-corrected chi connectivity index (χ1v) is 7.02. The molecule has 0 heterocycles. The normalized spacial score (nSPS) is 25.8. The van der Waals surface area contributed by atoms with E-state index in [0.29, 0.717) is 11.4 Å². The van der Waals surface area contributed by atoms with E-state index in [1.54, 1.807) is 12.1 Å². The standard InChI is InChI=1S/C15H20ClNO2/c1-14(2)8-3-4-9-15(14,13(18)19)17-12-7-5-6-11(16)10-12/h5-7,10,17H,3-4,8-9H2,1-2H3,(H,18,19). The van der Waals surface area contributed by atoms with Crippen molar-refractivity contribution < 1.29 is 9.90 Å². The fourth-order valence-corrected chi connectivity index (χ4v) is 3.19. The molecule has 0 amide bonds. The van der Waals surface area contributed by atoms with Gasteiger partial charge in [-0.05, 0) is 36.5 Å². The molecular weight excluding hydrogens is 262 g/mol. The van der Waals surface area contributed by atoms with Gasteiger partial charge in [0.1, 0.15) is 5.54 Å². The number of halogens is 1. The van der Waals surface area contributed by atoms with E-state index < -0.39 is 11.5 Å². The van der Waals surface area contributed by atoms with E-state index in [4.69, 9.17) is 11.6 Å². The molecule has 1 aromatic rings. The number of anilines is 1. The molecule has 1 unspecified atom stereocenters. The molecule has 1 aliphatic carbocycles. The van der Waals surface area contributed by atoms with E-state index in [9.17, 15) is 9.90 Å². The maximum atomic E-state index is 11.9. The predicted molar refractivity (Wildman–Crippen MR) is 77.7 cm³/mol. The number of aliphatic carboxylic acids is 1. The summed E-state index contributed by atoms with van der Waals surface area (Å²) in [7, 11) is 0. The van der Waals surface area contributed by atoms with Gasteiger partial charge < -0.3 is 10.4 Å². The molecule has 2 rings (SSSR count). The Morgan fingerprint density at radius 1 is 1.32 bits per heavy atom. The van der Waals surface area contributed by atoms with Crippen LogP contribution in [0.15, 0.2) is 24.3 Å². The monoisotopic (exact) mass is 281 g/mol. The zero-order valence-corrected chi connectivity index (χ0v) is 12.1. The molecular formula is C15H20ClNO2. The van der Waals surface area contributed by atoms with E-state index in [1.807, 2.05) is 26.0 Å². The van der Waals surface area contributed by atoms with Gasteiger partial charge in [0.05, 0.1) is 0 Å². The van der Waals surface area contributed by atoms with Crippen LogP contribution in [-0.2, 0) is 4.79 Å². The van der Waals surface area contributed by atoms with Crippen molar-refractivity contribution in [3.05, 3.63) is 29.3 Å². The van der Waals surface area contributed by atoms with Gasteiger partial charge in [0, 0.05) is 10.7 Å². The van der Waals surface area contributed by atoms with Crippen LogP contribution in [0, 0.1) is 5.41 Å². The molecule has 1 atom stereocenters. The fourth-order valence-electron chi connectivity index (χ4n) is 3.00. The number of hydrogen-bond donors (Lipinski definition) is 2. The second kappa shape index (κ2) is 5.04. The van der Waals surface area contributed by atoms with Crippen molar-refractivity contribution in [3.63, 3.8) is 0 Å². The Balaban J connectivity index is 2.37. The molecule has 2 N–H and O–H groups in total. The van der Waals surface area contributed by atoms with E-state index in [2.05, 4.69) is 5.32 Å². The summed E-state index contributed by atoms with van der Waals surface area (Å²) in [6.45, 7) is 4.05. The first-order valence-electron chi connectivity index (χ1n) is 6.65. The molecule has 0 saturated heterocycles. The zero-order valence-electron chi connectivity index (χ0n) is 11.4. The highest BCUT2D eigenvalue weighted by atomic mass is 35.5. The minimum absolute atomic E-state index is 0.292. The molecule has 104 valence electrons. The Labute approximate surface area is 119 Å². The van der Waals surface area contributed by atoms with Crippen LogP contribution in [0.3, 0.4) is 0 Å². The first kappa shape index (κ1) is 14.2. The van der Waals surface area contributed by atoms with Crippen molar-refractivity contribution in [1.29, 1.82) is 0 Å². The minimum atomic E-state index is -0.921. The Kier molecular flexibility index (Phi) is 3.77. The molecule has 0 spiro atoms. The third kappa shape index (κ3) is 2.57. The number of rotatable bonds is 3. The van der Waals surface area contributed by atoms with E-state index in [-0.39, 0.29) is 5.41 Å². The third-order valence-electron chi connectivity index (χ3n) is 4.31. The Bertz CT molecular complexity index is 487. The molecule has 3 nitrogen and oxygen atoms in total. The van der Waals surface area contributed by atoms with Crippen molar-refractivity contribution in [1.82, 2.24) is 0 Å². The van der Waals surface area contributed by atoms with Crippen LogP contribution in [0.25, 0.3) is 0 Å². The van der Waals surface area contributed by atoms with Crippen LogP contribution < -0.4 is 5.32 Å². The van der Waals surface area contributed by atoms with Gasteiger partial charge in [-0.25, -0.2) is 4.79 Å². The van der Waals surface area contributed by atoms with Gasteiger partial charge in [0.15, 0.2) is 0 Å². The summed E-state index contributed by atoms with van der Waals surface area (Å²) in [6, 6.07) is 7.25. The molecule has 0 radical (unpaired) electrons. The Morgan fingerprint density at radius 3 is 2.58 bits per heavy atom. The van der Waals surface area contributed by atoms with E-state index in [1.165, 1.54) is 0 Å². The number of benzene rings is 1. The van der Waals surface area contributed by atoms with Crippen LogP contribution in [0.4, 0.5) is 5.69 Å². The quantitative estimate of drug-likeness (QED) is 0.874. The summed E-state index contributed by atoms with van der Waals surface area (Å²) in [6.07, 6.45) is 3.57. The topological polar surface area (TPSA) is 49.3 Å². The Hall–Kier alpha value is -1.22. The highest BCUT2D eigenvalue weighted by molar-refractivity contribution is 6.30. The largest absolute Gasteiger partial charge is 0.479 e. The van der Waals surface area contributed by atoms with Gasteiger partial charge >= 0.3 is 5.97 Å². The highest BCUT2D eigenvalue weighted by Gasteiger charge is 2.52. The molecule has 0 aliphatic heterocycles. The summed E-state index contributed by atoms with van der Waals surface area (Å²) in [4.78, 5) is 11.9. The van der Waals surface area contributed by atoms with Crippen molar-refractivity contribution >= 4 is 23.3 Å². The number of hydrogen-bond acceptors (Lipinski definition) is 2. The van der Waals surface area contributed by atoms with Gasteiger partial charge in [0.2, 0.25) is 0 Å². The smallest absolute Gasteiger partial charge is 0.329 e. The lowest BCUT2D eigenvalue weighted by molar-refractivity contribution is -0.148. The predicted octanol–water partition coefficient (Wildman–Crippen LogP) is 4.18. The maximum Gasteiger partial charge on any atom is 0.329 e. The summed E-state index contributed by atoms with van der Waals surface area (Å²) >= 11 is 5.97. The SMILES string of the molecule is CC1(C)CCCCC1(Nc1cccc(Cl)c1)C(=O)O. The van der Waals surface area contributed by atoms with Gasteiger partial charge in [-0.1, -0.05) is 44.4 Å². The van der Waals surface area contributed by atoms with Crippen LogP contribution in [0.1, 0.15) is 39.5 Å². The van der Waals surface area contributed by atoms with Gasteiger partial charge in [-0.2, -0.15) is 0 Å². The van der Waals surface area contributed by atoms with Crippen LogP contribution in [0.2, 0.25) is 5.02 Å². The lowest BCUT2D eigenvalue weighted by Gasteiger charge is -2.48. The first-order chi connectivity index (χ1) is 8.87. The van der Waals surface area contributed by atoms with Crippen molar-refractivity contribution in [3.8, 4) is 0 Å². The molecule has 1 saturated carbocycles. The van der Waals surface area contributed by atoms with E-state index in [0.717, 1.165) is 24.9 Å². The number of carboxylic acid groups (broad SMARTS) is 1. The van der Waals surface area contributed by atoms with Gasteiger partial charge in [-0.3, -0.25) is 0 Å². The highest BCUT2D eigenvalue weighted by Crippen LogP contribution is 2.46. The summed E-state index contributed by atoms with van der Waals surface area (Å²) in [5.41, 5.74) is -0.445. The van der Waals surface area contributed by atoms with Crippen molar-refractivity contribution in [2.24, 2.45) is 5.41 Å². The second-order valence-electron chi connectivity index (χ2n) is 5.94. The van der Waals surface area contributed by atoms with Crippen molar-refractivity contribution in [2.45, 2.75) is 45.1 Å². The summed E-state index contributed by atoms with van der Waals surface area (Å²) < 4.78 is 0. The Morgan fingerprint density at radius 2 is 2.00 bits per heavy atom. The van der Waals surface area contributed by atoms with Gasteiger partial charge in [-0.15, -0.1) is 0 Å². The summed E-state index contributed by atoms with van der Waals surface area (Å²) in [5.74, 6) is -0.780. The second-order valence-corrected chi connectivity index (χ2v) is 6.37. The molecule has 1 aromatic carbocycles. The average Bonchev–Trinajstić information content (AvgIpc) is 2.31. The number of nitrogens with one attached hydrogen (secondary N) is 1. The molecule has 4 heteroatoms. The van der Waals surface area contributed by atoms with Crippen molar-refractivity contribution in [2.75, 3.05) is 5.32 Å². The molecule has 0 aromatic heterocycles. The van der Waals surface area contributed by atoms with Crippen LogP contribution in [0.5, 0.6) is 0 Å². The van der Waals surface area contributed by atoms with Crippen LogP contribution >= 0.6 is 11.6 Å². The zero-order chi connectivity index (χ0) is 14.1. The van der Waals surface area contributed by atoms with Gasteiger partial charge in [0.25, 0.3) is 0 Å². The lowest BCUT2D eigenvalue weighted by atomic mass is 9.63. The van der Waals surface area contributed by atoms with E-state index >= 15 is 0 Å². The molecule has 0 bridgehead atoms. The maximum absolute atomic E-state index is 11.9. The molecule has 19 heavy (non-hydrogen) atoms. The van der Waals surface area contributed by atoms with Crippen LogP contribution in [-0.4, -0.2) is 16.6 Å². The number of carbonyl (C=O) groups is 1. The summed E-state index contributed by atoms with van der Waals surface area (Å²) in [5, 5.41) is 13.6. The average molecular weight is 282 g/mol. The fraction of sp³-hybridized carbons (Fsp3) is 0.533. The minimum Gasteiger partial charge on any atom is -0.479 e. The third-order valence-corrected chi connectivity index (χ3v) is 4.54. The molecule has 1 fully saturated rings. The number of carboxylic acids is 1. The molecule has 1 aliphatic rings. The lowest BCUT2D eigenvalue weighted by Crippen LogP contribution is -2.58.